The number of hydrogen-bond acceptors (Lipinski definition) is 7. The lowest BCUT2D eigenvalue weighted by Gasteiger charge is -2.09. The van der Waals surface area contributed by atoms with Gasteiger partial charge >= 0.3 is 0 Å². The lowest BCUT2D eigenvalue weighted by atomic mass is 10.1. The summed E-state index contributed by atoms with van der Waals surface area (Å²) >= 11 is 7.46. The number of phenolic OH excluding ortho intramolecular Hbond substituents is 1. The van der Waals surface area contributed by atoms with Gasteiger partial charge in [-0.15, -0.1) is 11.3 Å². The summed E-state index contributed by atoms with van der Waals surface area (Å²) in [4.78, 5) is 10.5. The molecule has 0 aliphatic rings. The molecule has 7 nitrogen and oxygen atoms in total. The van der Waals surface area contributed by atoms with Gasteiger partial charge in [-0.2, -0.15) is 0 Å². The minimum atomic E-state index is -3.58. The van der Waals surface area contributed by atoms with Crippen LogP contribution in [-0.2, 0) is 10.0 Å². The van der Waals surface area contributed by atoms with Crippen LogP contribution in [0.3, 0.4) is 0 Å². The van der Waals surface area contributed by atoms with E-state index in [1.807, 2.05) is 24.3 Å². The fourth-order valence-electron chi connectivity index (χ4n) is 3.51. The van der Waals surface area contributed by atoms with Gasteiger partial charge < -0.3 is 10.4 Å². The first-order valence-electron chi connectivity index (χ1n) is 11.5. The molecule has 0 radical (unpaired) electrons. The summed E-state index contributed by atoms with van der Waals surface area (Å²) in [5, 5.41) is 14.7. The van der Waals surface area contributed by atoms with Gasteiger partial charge in [0.2, 0.25) is 10.0 Å². The molecule has 188 valence electrons. The highest BCUT2D eigenvalue weighted by Gasteiger charge is 2.18. The highest BCUT2D eigenvalue weighted by atomic mass is 35.5. The van der Waals surface area contributed by atoms with Crippen LogP contribution in [0.1, 0.15) is 31.2 Å². The van der Waals surface area contributed by atoms with Gasteiger partial charge in [-0.3, -0.25) is 0 Å². The number of halogens is 1. The molecule has 0 atom stereocenters. The van der Waals surface area contributed by atoms with E-state index in [1.54, 1.807) is 41.8 Å². The van der Waals surface area contributed by atoms with Gasteiger partial charge in [-0.25, -0.2) is 23.1 Å². The molecule has 0 saturated heterocycles. The van der Waals surface area contributed by atoms with E-state index < -0.39 is 10.0 Å². The van der Waals surface area contributed by atoms with Gasteiger partial charge in [0.15, 0.2) is 0 Å². The second-order valence-corrected chi connectivity index (χ2v) is 11.7. The third-order valence-corrected chi connectivity index (χ3v) is 8.49. The summed E-state index contributed by atoms with van der Waals surface area (Å²) < 4.78 is 27.4. The largest absolute Gasteiger partial charge is 0.508 e. The number of rotatable bonds is 10. The van der Waals surface area contributed by atoms with E-state index >= 15 is 0 Å². The lowest BCUT2D eigenvalue weighted by Crippen LogP contribution is -2.26. The van der Waals surface area contributed by atoms with Crippen molar-refractivity contribution in [3.8, 4) is 27.4 Å². The first kappa shape index (κ1) is 26.1. The summed E-state index contributed by atoms with van der Waals surface area (Å²) in [6.07, 6.45) is 2.31. The fourth-order valence-corrected chi connectivity index (χ4v) is 5.79. The fraction of sp³-hybridized carbons (Fsp3) is 0.231. The van der Waals surface area contributed by atoms with Crippen molar-refractivity contribution in [2.45, 2.75) is 31.1 Å². The van der Waals surface area contributed by atoms with Crippen LogP contribution in [0.5, 0.6) is 5.75 Å². The molecule has 0 saturated carbocycles. The summed E-state index contributed by atoms with van der Waals surface area (Å²) in [5.41, 5.74) is 2.65. The summed E-state index contributed by atoms with van der Waals surface area (Å²) in [6.45, 7) is 5.04. The highest BCUT2D eigenvalue weighted by Crippen LogP contribution is 2.40. The Hall–Kier alpha value is -2.98. The van der Waals surface area contributed by atoms with Crippen molar-refractivity contribution < 1.29 is 13.5 Å². The number of phenols is 1. The highest BCUT2D eigenvalue weighted by molar-refractivity contribution is 7.89. The van der Waals surface area contributed by atoms with Crippen molar-refractivity contribution in [1.29, 1.82) is 0 Å². The van der Waals surface area contributed by atoms with E-state index in [0.29, 0.717) is 23.8 Å². The van der Waals surface area contributed by atoms with Crippen molar-refractivity contribution in [3.63, 3.8) is 0 Å². The molecule has 3 N–H and O–H groups in total. The Morgan fingerprint density at radius 1 is 1.03 bits per heavy atom. The first-order chi connectivity index (χ1) is 17.2. The Morgan fingerprint density at radius 3 is 2.53 bits per heavy atom. The van der Waals surface area contributed by atoms with Crippen LogP contribution in [0, 0.1) is 0 Å². The van der Waals surface area contributed by atoms with Crippen LogP contribution < -0.4 is 10.0 Å². The minimum absolute atomic E-state index is 0.182. The number of sulfonamides is 1. The van der Waals surface area contributed by atoms with Crippen LogP contribution >= 0.6 is 22.9 Å². The second kappa shape index (κ2) is 11.4. The van der Waals surface area contributed by atoms with Crippen LogP contribution in [0.25, 0.3) is 21.7 Å². The van der Waals surface area contributed by atoms with Gasteiger partial charge in [0.25, 0.3) is 0 Å². The van der Waals surface area contributed by atoms with Crippen molar-refractivity contribution in [3.05, 3.63) is 76.9 Å². The van der Waals surface area contributed by atoms with Crippen molar-refractivity contribution in [1.82, 2.24) is 14.7 Å². The number of thiazole rings is 1. The van der Waals surface area contributed by atoms with E-state index in [4.69, 9.17) is 16.6 Å². The number of pyridine rings is 1. The normalized spacial score (nSPS) is 11.7. The molecular formula is C26H27ClN4O3S2. The predicted octanol–water partition coefficient (Wildman–Crippen LogP) is 6.14. The minimum Gasteiger partial charge on any atom is -0.508 e. The smallest absolute Gasteiger partial charge is 0.240 e. The maximum absolute atomic E-state index is 12.4. The maximum Gasteiger partial charge on any atom is 0.240 e. The third kappa shape index (κ3) is 6.41. The van der Waals surface area contributed by atoms with Gasteiger partial charge in [0.05, 0.1) is 20.5 Å². The zero-order chi connectivity index (χ0) is 25.7. The molecule has 0 unspecified atom stereocenters. The molecule has 2 heterocycles. The first-order valence-corrected chi connectivity index (χ1v) is 14.2. The zero-order valence-electron chi connectivity index (χ0n) is 19.9. The second-order valence-electron chi connectivity index (χ2n) is 8.50. The van der Waals surface area contributed by atoms with E-state index in [0.717, 1.165) is 26.7 Å². The van der Waals surface area contributed by atoms with E-state index in [1.165, 1.54) is 12.1 Å². The maximum atomic E-state index is 12.4. The predicted molar refractivity (Wildman–Crippen MR) is 146 cm³/mol. The molecule has 4 rings (SSSR count). The van der Waals surface area contributed by atoms with E-state index in [2.05, 4.69) is 28.9 Å². The lowest BCUT2D eigenvalue weighted by molar-refractivity contribution is 0.475. The van der Waals surface area contributed by atoms with Crippen molar-refractivity contribution in [2.75, 3.05) is 18.4 Å². The number of benzene rings is 2. The van der Waals surface area contributed by atoms with Crippen LogP contribution in [0.4, 0.5) is 5.82 Å². The molecule has 2 aromatic carbocycles. The Kier molecular flexibility index (Phi) is 8.25. The van der Waals surface area contributed by atoms with Crippen molar-refractivity contribution >= 4 is 38.8 Å². The molecular weight excluding hydrogens is 516 g/mol. The Bertz CT molecular complexity index is 1440. The summed E-state index contributed by atoms with van der Waals surface area (Å²) in [5.74, 6) is 1.16. The molecule has 0 amide bonds. The molecule has 0 aliphatic heterocycles. The molecule has 4 aromatic rings. The average Bonchev–Trinajstić information content (AvgIpc) is 3.30. The van der Waals surface area contributed by atoms with Gasteiger partial charge in [0, 0.05) is 35.8 Å². The Morgan fingerprint density at radius 2 is 1.81 bits per heavy atom. The third-order valence-electron chi connectivity index (χ3n) is 5.36. The Labute approximate surface area is 220 Å². The van der Waals surface area contributed by atoms with E-state index in [-0.39, 0.29) is 23.1 Å². The number of nitrogens with zero attached hydrogens (tertiary/aromatic N) is 2. The summed E-state index contributed by atoms with van der Waals surface area (Å²) in [6, 6.07) is 17.1. The van der Waals surface area contributed by atoms with Crippen LogP contribution in [0.2, 0.25) is 5.02 Å². The molecule has 0 spiro atoms. The number of nitrogens with one attached hydrogen (secondary N) is 2. The average molecular weight is 543 g/mol. The Balaban J connectivity index is 1.43. The standard InChI is InChI=1S/C26H27ClN4O3S2/c1-17(2)26-31-24(18-5-3-6-21(32)15-18)25(35-26)19-11-14-29-23(16-19)28-12-4-13-30-36(33,34)22-9-7-20(27)8-10-22/h3,5-11,14-17,30,32H,4,12-13H2,1-2H3,(H,28,29). The number of aromatic hydroxyl groups is 1. The summed E-state index contributed by atoms with van der Waals surface area (Å²) in [7, 11) is -3.58. The molecule has 2 aromatic heterocycles. The SMILES string of the molecule is CC(C)c1nc(-c2cccc(O)c2)c(-c2ccnc(NCCCNS(=O)(=O)c3ccc(Cl)cc3)c2)s1. The van der Waals surface area contributed by atoms with Crippen LogP contribution in [-0.4, -0.2) is 36.6 Å². The van der Waals surface area contributed by atoms with E-state index in [9.17, 15) is 13.5 Å². The monoisotopic (exact) mass is 542 g/mol. The van der Waals surface area contributed by atoms with Crippen molar-refractivity contribution in [2.24, 2.45) is 0 Å². The van der Waals surface area contributed by atoms with Gasteiger partial charge in [-0.05, 0) is 60.5 Å². The number of hydrogen-bond donors (Lipinski definition) is 3. The molecule has 36 heavy (non-hydrogen) atoms. The topological polar surface area (TPSA) is 104 Å². The number of anilines is 1. The number of aromatic nitrogens is 2. The van der Waals surface area contributed by atoms with Gasteiger partial charge in [0.1, 0.15) is 11.6 Å². The molecule has 0 fully saturated rings. The van der Waals surface area contributed by atoms with Crippen LogP contribution in [0.15, 0.2) is 71.8 Å². The molecule has 0 aliphatic carbocycles. The van der Waals surface area contributed by atoms with Gasteiger partial charge in [-0.1, -0.05) is 37.6 Å². The zero-order valence-corrected chi connectivity index (χ0v) is 22.3. The molecule has 10 heteroatoms. The quantitative estimate of drug-likeness (QED) is 0.208. The molecule has 0 bridgehead atoms.